The Morgan fingerprint density at radius 2 is 2.25 bits per heavy atom. The average Bonchev–Trinajstić information content (AvgIpc) is 2.93. The van der Waals surface area contributed by atoms with E-state index in [1.165, 1.54) is 11.8 Å². The Kier molecular flexibility index (Phi) is 3.65. The minimum absolute atomic E-state index is 0.149. The van der Waals surface area contributed by atoms with E-state index >= 15 is 0 Å². The molecule has 0 radical (unpaired) electrons. The van der Waals surface area contributed by atoms with Gasteiger partial charge in [-0.25, -0.2) is 9.97 Å². The van der Waals surface area contributed by atoms with Crippen LogP contribution in [0.2, 0.25) is 0 Å². The molecule has 1 saturated carbocycles. The van der Waals surface area contributed by atoms with E-state index in [2.05, 4.69) is 15.1 Å². The van der Waals surface area contributed by atoms with Gasteiger partial charge in [0.2, 0.25) is 0 Å². The smallest absolute Gasteiger partial charge is 0.269 e. The highest BCUT2D eigenvalue weighted by atomic mass is 32.2. The molecular formula is C16H17N5O2S. The van der Waals surface area contributed by atoms with Gasteiger partial charge in [-0.2, -0.15) is 5.10 Å². The molecule has 0 aliphatic heterocycles. The Morgan fingerprint density at radius 1 is 1.46 bits per heavy atom. The SMILES string of the molecule is CSc1ncc2ccc3c(C(N)=O)nn([C@H]4C[C@H](CO)C4)c3c2n1. The largest absolute Gasteiger partial charge is 0.396 e. The molecule has 1 amide bonds. The van der Waals surface area contributed by atoms with Crippen molar-refractivity contribution < 1.29 is 9.90 Å². The van der Waals surface area contributed by atoms with Crippen LogP contribution in [-0.4, -0.2) is 43.6 Å². The van der Waals surface area contributed by atoms with Crippen molar-refractivity contribution in [3.8, 4) is 0 Å². The van der Waals surface area contributed by atoms with Crippen LogP contribution >= 0.6 is 11.8 Å². The highest BCUT2D eigenvalue weighted by molar-refractivity contribution is 7.98. The van der Waals surface area contributed by atoms with Crippen molar-refractivity contribution >= 4 is 39.5 Å². The first-order valence-corrected chi connectivity index (χ1v) is 8.97. The molecule has 4 rings (SSSR count). The molecule has 3 aromatic rings. The first kappa shape index (κ1) is 15.3. The minimum Gasteiger partial charge on any atom is -0.396 e. The molecule has 1 fully saturated rings. The van der Waals surface area contributed by atoms with Crippen LogP contribution in [0.25, 0.3) is 21.8 Å². The summed E-state index contributed by atoms with van der Waals surface area (Å²) in [6.07, 6.45) is 5.38. The number of carbonyl (C=O) groups excluding carboxylic acids is 1. The molecule has 0 unspecified atom stereocenters. The van der Waals surface area contributed by atoms with E-state index in [4.69, 9.17) is 5.73 Å². The molecule has 0 saturated heterocycles. The Labute approximate surface area is 142 Å². The van der Waals surface area contributed by atoms with E-state index in [9.17, 15) is 9.90 Å². The van der Waals surface area contributed by atoms with Crippen molar-refractivity contribution in [3.63, 3.8) is 0 Å². The molecule has 1 aromatic carbocycles. The Balaban J connectivity index is 1.99. The number of rotatable bonds is 4. The molecule has 2 aromatic heterocycles. The molecule has 8 heteroatoms. The zero-order valence-corrected chi connectivity index (χ0v) is 14.0. The summed E-state index contributed by atoms with van der Waals surface area (Å²) in [5, 5.41) is 16.0. The lowest BCUT2D eigenvalue weighted by molar-refractivity contribution is 0.0981. The summed E-state index contributed by atoms with van der Waals surface area (Å²) in [5.74, 6) is -0.257. The summed E-state index contributed by atoms with van der Waals surface area (Å²) >= 11 is 1.47. The van der Waals surface area contributed by atoms with Gasteiger partial charge in [0.05, 0.1) is 11.6 Å². The predicted octanol–water partition coefficient (Wildman–Crippen LogP) is 1.74. The van der Waals surface area contributed by atoms with E-state index in [-0.39, 0.29) is 24.3 Å². The van der Waals surface area contributed by atoms with Crippen LogP contribution in [0.4, 0.5) is 0 Å². The molecule has 124 valence electrons. The van der Waals surface area contributed by atoms with Gasteiger partial charge < -0.3 is 10.8 Å². The fraction of sp³-hybridized carbons (Fsp3) is 0.375. The zero-order chi connectivity index (χ0) is 16.8. The van der Waals surface area contributed by atoms with E-state index in [1.54, 1.807) is 6.20 Å². The second-order valence-corrected chi connectivity index (χ2v) is 6.86. The van der Waals surface area contributed by atoms with Crippen molar-refractivity contribution in [2.45, 2.75) is 24.0 Å². The third-order valence-electron chi connectivity index (χ3n) is 4.63. The van der Waals surface area contributed by atoms with Crippen LogP contribution in [0.15, 0.2) is 23.5 Å². The van der Waals surface area contributed by atoms with Crippen LogP contribution in [0, 0.1) is 5.92 Å². The van der Waals surface area contributed by atoms with Gasteiger partial charge in [0, 0.05) is 23.6 Å². The third-order valence-corrected chi connectivity index (χ3v) is 5.19. The average molecular weight is 343 g/mol. The topological polar surface area (TPSA) is 107 Å². The van der Waals surface area contributed by atoms with Gasteiger partial charge >= 0.3 is 0 Å². The molecule has 1 aliphatic carbocycles. The van der Waals surface area contributed by atoms with Crippen molar-refractivity contribution in [1.29, 1.82) is 0 Å². The lowest BCUT2D eigenvalue weighted by Crippen LogP contribution is -2.30. The normalized spacial score (nSPS) is 20.4. The summed E-state index contributed by atoms with van der Waals surface area (Å²) < 4.78 is 1.86. The van der Waals surface area contributed by atoms with E-state index in [1.807, 2.05) is 23.1 Å². The number of aromatic nitrogens is 4. The molecule has 0 bridgehead atoms. The minimum atomic E-state index is -0.546. The van der Waals surface area contributed by atoms with Gasteiger partial charge in [-0.3, -0.25) is 9.48 Å². The van der Waals surface area contributed by atoms with Crippen LogP contribution < -0.4 is 5.73 Å². The van der Waals surface area contributed by atoms with Crippen LogP contribution in [0.1, 0.15) is 29.4 Å². The Morgan fingerprint density at radius 3 is 2.92 bits per heavy atom. The number of hydrogen-bond donors (Lipinski definition) is 2. The molecule has 7 nitrogen and oxygen atoms in total. The van der Waals surface area contributed by atoms with Gasteiger partial charge in [0.15, 0.2) is 10.9 Å². The number of nitrogens with zero attached hydrogens (tertiary/aromatic N) is 4. The second kappa shape index (κ2) is 5.71. The standard InChI is InChI=1S/C16H17N5O2S/c1-24-16-18-6-9-2-3-11-13(15(17)23)20-21(14(11)12(9)19-16)10-4-8(5-10)7-22/h2-3,6,8,10,22H,4-5,7H2,1H3,(H2,17,23)/t8-,10-. The number of primary amides is 1. The van der Waals surface area contributed by atoms with Crippen LogP contribution in [0.5, 0.6) is 0 Å². The van der Waals surface area contributed by atoms with Crippen LogP contribution in [-0.2, 0) is 0 Å². The highest BCUT2D eigenvalue weighted by Crippen LogP contribution is 2.40. The number of fused-ring (bicyclic) bond motifs is 3. The van der Waals surface area contributed by atoms with Gasteiger partial charge in [0.25, 0.3) is 5.91 Å². The van der Waals surface area contributed by atoms with Crippen molar-refractivity contribution in [2.75, 3.05) is 12.9 Å². The highest BCUT2D eigenvalue weighted by Gasteiger charge is 2.33. The second-order valence-electron chi connectivity index (χ2n) is 6.09. The number of amides is 1. The predicted molar refractivity (Wildman–Crippen MR) is 92.0 cm³/mol. The summed E-state index contributed by atoms with van der Waals surface area (Å²) in [7, 11) is 0. The summed E-state index contributed by atoms with van der Waals surface area (Å²) in [6, 6.07) is 3.89. The number of aliphatic hydroxyl groups excluding tert-OH is 1. The van der Waals surface area contributed by atoms with Crippen LogP contribution in [0.3, 0.4) is 0 Å². The Hall–Kier alpha value is -2.19. The Bertz CT molecular complexity index is 948. The van der Waals surface area contributed by atoms with Gasteiger partial charge in [-0.15, -0.1) is 0 Å². The van der Waals surface area contributed by atoms with Gasteiger partial charge in [-0.1, -0.05) is 17.8 Å². The molecule has 24 heavy (non-hydrogen) atoms. The third kappa shape index (κ3) is 2.25. The monoisotopic (exact) mass is 343 g/mol. The first-order chi connectivity index (χ1) is 11.6. The molecule has 1 aliphatic rings. The summed E-state index contributed by atoms with van der Waals surface area (Å²) in [6.45, 7) is 0.178. The van der Waals surface area contributed by atoms with Crippen molar-refractivity contribution in [1.82, 2.24) is 19.7 Å². The number of carbonyl (C=O) groups is 1. The molecule has 2 heterocycles. The van der Waals surface area contributed by atoms with Gasteiger partial charge in [-0.05, 0) is 31.1 Å². The molecule has 3 N–H and O–H groups in total. The van der Waals surface area contributed by atoms with Crippen molar-refractivity contribution in [3.05, 3.63) is 24.0 Å². The van der Waals surface area contributed by atoms with Crippen molar-refractivity contribution in [2.24, 2.45) is 11.7 Å². The molecular weight excluding hydrogens is 326 g/mol. The number of hydrogen-bond acceptors (Lipinski definition) is 6. The fourth-order valence-corrected chi connectivity index (χ4v) is 3.64. The quantitative estimate of drug-likeness (QED) is 0.552. The summed E-state index contributed by atoms with van der Waals surface area (Å²) in [4.78, 5) is 20.7. The number of nitrogens with two attached hydrogens (primary N) is 1. The number of benzene rings is 1. The lowest BCUT2D eigenvalue weighted by Gasteiger charge is -2.34. The molecule has 0 atom stereocenters. The van der Waals surface area contributed by atoms with E-state index < -0.39 is 5.91 Å². The maximum Gasteiger partial charge on any atom is 0.269 e. The summed E-state index contributed by atoms with van der Waals surface area (Å²) in [5.41, 5.74) is 7.38. The number of aliphatic hydroxyl groups is 1. The zero-order valence-electron chi connectivity index (χ0n) is 13.1. The van der Waals surface area contributed by atoms with E-state index in [0.717, 1.165) is 29.3 Å². The lowest BCUT2D eigenvalue weighted by atomic mass is 9.81. The first-order valence-electron chi connectivity index (χ1n) is 7.75. The molecule has 0 spiro atoms. The maximum atomic E-state index is 11.8. The fourth-order valence-electron chi connectivity index (χ4n) is 3.29. The van der Waals surface area contributed by atoms with E-state index in [0.29, 0.717) is 10.5 Å². The van der Waals surface area contributed by atoms with Gasteiger partial charge in [0.1, 0.15) is 5.52 Å². The maximum absolute atomic E-state index is 11.8. The number of thioether (sulfide) groups is 1.